The molecule has 0 radical (unpaired) electrons. The Hall–Kier alpha value is -0.0500. The molecule has 0 amide bonds. The van der Waals surface area contributed by atoms with E-state index < -0.39 is 0 Å². The van der Waals surface area contributed by atoms with Gasteiger partial charge in [0.1, 0.15) is 0 Å². The minimum atomic E-state index is -0.357. The lowest BCUT2D eigenvalue weighted by Crippen LogP contribution is -2.31. The Morgan fingerprint density at radius 2 is 1.86 bits per heavy atom. The summed E-state index contributed by atoms with van der Waals surface area (Å²) in [5.74, 6) is 1.99. The lowest BCUT2D eigenvalue weighted by molar-refractivity contribution is 0.140. The molecule has 1 aliphatic heterocycles. The van der Waals surface area contributed by atoms with Crippen LogP contribution in [-0.4, -0.2) is 41.6 Å². The van der Waals surface area contributed by atoms with E-state index in [0.717, 1.165) is 31.5 Å². The van der Waals surface area contributed by atoms with E-state index >= 15 is 0 Å². The molecule has 3 atom stereocenters. The maximum atomic E-state index is 9.46. The van der Waals surface area contributed by atoms with Crippen LogP contribution in [0.3, 0.4) is 0 Å². The molecule has 1 heterocycles. The lowest BCUT2D eigenvalue weighted by atomic mass is 9.86. The molecule has 2 nitrogen and oxygen atoms in total. The summed E-state index contributed by atoms with van der Waals surface area (Å²) in [6, 6.07) is 0. The summed E-state index contributed by atoms with van der Waals surface area (Å²) in [6.45, 7) is 3.03. The lowest BCUT2D eigenvalue weighted by Gasteiger charge is -2.18. The third-order valence-electron chi connectivity index (χ3n) is 3.34. The number of alkyl halides is 1. The fourth-order valence-corrected chi connectivity index (χ4v) is 2.71. The molecule has 0 saturated carbocycles. The molecule has 1 aliphatic carbocycles. The molecule has 1 N–H and O–H groups in total. The van der Waals surface area contributed by atoms with Gasteiger partial charge in [0.05, 0.1) is 6.10 Å². The number of rotatable bonds is 3. The highest BCUT2D eigenvalue weighted by Crippen LogP contribution is 2.32. The molecule has 2 rings (SSSR count). The zero-order chi connectivity index (χ0) is 9.97. The van der Waals surface area contributed by atoms with Crippen molar-refractivity contribution in [1.29, 1.82) is 0 Å². The van der Waals surface area contributed by atoms with Crippen molar-refractivity contribution in [2.75, 3.05) is 25.5 Å². The summed E-state index contributed by atoms with van der Waals surface area (Å²) < 4.78 is 0. The summed E-state index contributed by atoms with van der Waals surface area (Å²) in [5.41, 5.74) is 0. The first-order valence-corrected chi connectivity index (χ1v) is 5.94. The Labute approximate surface area is 90.5 Å². The van der Waals surface area contributed by atoms with E-state index in [-0.39, 0.29) is 6.10 Å². The molecule has 2 aliphatic rings. The zero-order valence-corrected chi connectivity index (χ0v) is 9.16. The van der Waals surface area contributed by atoms with Crippen LogP contribution in [0.15, 0.2) is 12.2 Å². The molecule has 0 aromatic carbocycles. The fraction of sp³-hybridized carbons (Fsp3) is 0.818. The second kappa shape index (κ2) is 4.65. The van der Waals surface area contributed by atoms with Gasteiger partial charge in [0.15, 0.2) is 0 Å². The number of aliphatic hydroxyl groups is 1. The molecule has 0 bridgehead atoms. The smallest absolute Gasteiger partial charge is 0.0802 e. The number of fused-ring (bicyclic) bond motifs is 1. The largest absolute Gasteiger partial charge is 0.391 e. The van der Waals surface area contributed by atoms with Gasteiger partial charge in [-0.2, -0.15) is 0 Å². The third kappa shape index (κ3) is 2.30. The summed E-state index contributed by atoms with van der Waals surface area (Å²) in [4.78, 5) is 2.36. The van der Waals surface area contributed by atoms with Crippen LogP contribution in [0.25, 0.3) is 0 Å². The number of likely N-dealkylation sites (tertiary alicyclic amines) is 1. The molecule has 80 valence electrons. The van der Waals surface area contributed by atoms with Crippen LogP contribution in [0.4, 0.5) is 0 Å². The van der Waals surface area contributed by atoms with Crippen LogP contribution in [0.2, 0.25) is 0 Å². The standard InChI is InChI=1S/C11H18ClNO/c12-5-11(14)8-13-6-9-3-1-2-4-10(9)7-13/h1-2,9-11,14H,3-8H2. The maximum Gasteiger partial charge on any atom is 0.0802 e. The summed E-state index contributed by atoms with van der Waals surface area (Å²) in [5, 5.41) is 9.46. The molecule has 0 spiro atoms. The Balaban J connectivity index is 1.83. The second-order valence-corrected chi connectivity index (χ2v) is 4.80. The second-order valence-electron chi connectivity index (χ2n) is 4.49. The third-order valence-corrected chi connectivity index (χ3v) is 3.70. The molecule has 3 unspecified atom stereocenters. The van der Waals surface area contributed by atoms with E-state index in [1.165, 1.54) is 12.8 Å². The Bertz CT molecular complexity index is 203. The van der Waals surface area contributed by atoms with Gasteiger partial charge in [-0.3, -0.25) is 0 Å². The highest BCUT2D eigenvalue weighted by molar-refractivity contribution is 6.18. The maximum absolute atomic E-state index is 9.46. The van der Waals surface area contributed by atoms with Gasteiger partial charge >= 0.3 is 0 Å². The average molecular weight is 216 g/mol. The van der Waals surface area contributed by atoms with Crippen LogP contribution >= 0.6 is 11.6 Å². The van der Waals surface area contributed by atoms with Gasteiger partial charge in [-0.25, -0.2) is 0 Å². The summed E-state index contributed by atoms with van der Waals surface area (Å²) >= 11 is 5.59. The fourth-order valence-electron chi connectivity index (χ4n) is 2.61. The highest BCUT2D eigenvalue weighted by atomic mass is 35.5. The van der Waals surface area contributed by atoms with Crippen molar-refractivity contribution in [1.82, 2.24) is 4.90 Å². The SMILES string of the molecule is OC(CCl)CN1CC2CC=CCC2C1. The number of nitrogens with zero attached hydrogens (tertiary/aromatic N) is 1. The van der Waals surface area contributed by atoms with E-state index in [9.17, 15) is 5.11 Å². The topological polar surface area (TPSA) is 23.5 Å². The van der Waals surface area contributed by atoms with Crippen molar-refractivity contribution in [3.63, 3.8) is 0 Å². The van der Waals surface area contributed by atoms with Gasteiger partial charge < -0.3 is 10.0 Å². The highest BCUT2D eigenvalue weighted by Gasteiger charge is 2.32. The van der Waals surface area contributed by atoms with Crippen LogP contribution in [0.5, 0.6) is 0 Å². The van der Waals surface area contributed by atoms with Gasteiger partial charge in [0, 0.05) is 25.5 Å². The van der Waals surface area contributed by atoms with Gasteiger partial charge in [0.2, 0.25) is 0 Å². The van der Waals surface area contributed by atoms with Gasteiger partial charge in [-0.05, 0) is 24.7 Å². The molecule has 0 aromatic heterocycles. The number of hydrogen-bond acceptors (Lipinski definition) is 2. The van der Waals surface area contributed by atoms with E-state index in [1.807, 2.05) is 0 Å². The van der Waals surface area contributed by atoms with Gasteiger partial charge in [-0.15, -0.1) is 11.6 Å². The van der Waals surface area contributed by atoms with Gasteiger partial charge in [-0.1, -0.05) is 12.2 Å². The number of β-amino-alcohol motifs (C(OH)–C–C–N with tert-alkyl or cyclic N) is 1. The molecule has 1 fully saturated rings. The van der Waals surface area contributed by atoms with E-state index in [2.05, 4.69) is 17.1 Å². The van der Waals surface area contributed by atoms with E-state index in [1.54, 1.807) is 0 Å². The number of hydrogen-bond donors (Lipinski definition) is 1. The Morgan fingerprint density at radius 3 is 2.36 bits per heavy atom. The van der Waals surface area contributed by atoms with Crippen LogP contribution in [-0.2, 0) is 0 Å². The normalized spacial score (nSPS) is 34.4. The Morgan fingerprint density at radius 1 is 1.29 bits per heavy atom. The molecular weight excluding hydrogens is 198 g/mol. The minimum absolute atomic E-state index is 0.351. The Kier molecular flexibility index (Phi) is 3.47. The first-order valence-electron chi connectivity index (χ1n) is 5.41. The predicted octanol–water partition coefficient (Wildman–Crippen LogP) is 1.48. The van der Waals surface area contributed by atoms with Crippen molar-refractivity contribution in [2.45, 2.75) is 18.9 Å². The minimum Gasteiger partial charge on any atom is -0.391 e. The zero-order valence-electron chi connectivity index (χ0n) is 8.40. The molecule has 0 aromatic rings. The van der Waals surface area contributed by atoms with Gasteiger partial charge in [0.25, 0.3) is 0 Å². The number of allylic oxidation sites excluding steroid dienone is 2. The predicted molar refractivity (Wildman–Crippen MR) is 58.5 cm³/mol. The number of halogens is 1. The average Bonchev–Trinajstić information content (AvgIpc) is 2.59. The molecular formula is C11H18ClNO. The first-order chi connectivity index (χ1) is 6.79. The van der Waals surface area contributed by atoms with Crippen molar-refractivity contribution in [2.24, 2.45) is 11.8 Å². The summed E-state index contributed by atoms with van der Waals surface area (Å²) in [7, 11) is 0. The van der Waals surface area contributed by atoms with Crippen molar-refractivity contribution < 1.29 is 5.11 Å². The van der Waals surface area contributed by atoms with Crippen molar-refractivity contribution in [3.05, 3.63) is 12.2 Å². The van der Waals surface area contributed by atoms with Crippen molar-refractivity contribution >= 4 is 11.6 Å². The quantitative estimate of drug-likeness (QED) is 0.570. The molecule has 1 saturated heterocycles. The first kappa shape index (κ1) is 10.5. The van der Waals surface area contributed by atoms with Crippen LogP contribution < -0.4 is 0 Å². The molecule has 14 heavy (non-hydrogen) atoms. The van der Waals surface area contributed by atoms with E-state index in [4.69, 9.17) is 11.6 Å². The van der Waals surface area contributed by atoms with E-state index in [0.29, 0.717) is 5.88 Å². The summed E-state index contributed by atoms with van der Waals surface area (Å²) in [6.07, 6.45) is 6.67. The van der Waals surface area contributed by atoms with Crippen LogP contribution in [0.1, 0.15) is 12.8 Å². The molecule has 3 heteroatoms. The monoisotopic (exact) mass is 215 g/mol. The van der Waals surface area contributed by atoms with Crippen molar-refractivity contribution in [3.8, 4) is 0 Å². The number of aliphatic hydroxyl groups excluding tert-OH is 1. The van der Waals surface area contributed by atoms with Crippen LogP contribution in [0, 0.1) is 11.8 Å².